The van der Waals surface area contributed by atoms with Crippen LogP contribution in [0.2, 0.25) is 0 Å². The molecule has 23 heavy (non-hydrogen) atoms. The lowest BCUT2D eigenvalue weighted by atomic mass is 9.74. The summed E-state index contributed by atoms with van der Waals surface area (Å²) in [6.07, 6.45) is 0. The first-order valence-corrected chi connectivity index (χ1v) is 8.81. The zero-order valence-electron chi connectivity index (χ0n) is 13.3. The van der Waals surface area contributed by atoms with E-state index in [-0.39, 0.29) is 5.41 Å². The average Bonchev–Trinajstić information content (AvgIpc) is 2.60. The fourth-order valence-electron chi connectivity index (χ4n) is 3.48. The molecule has 1 heterocycles. The quantitative estimate of drug-likeness (QED) is 0.327. The lowest BCUT2D eigenvalue weighted by Gasteiger charge is -2.39. The van der Waals surface area contributed by atoms with Gasteiger partial charge in [-0.25, -0.2) is 0 Å². The van der Waals surface area contributed by atoms with Gasteiger partial charge in [0, 0.05) is 5.41 Å². The van der Waals surface area contributed by atoms with Gasteiger partial charge in [-0.1, -0.05) is 74.5 Å². The zero-order chi connectivity index (χ0) is 16.0. The van der Waals surface area contributed by atoms with Crippen molar-refractivity contribution in [1.82, 2.24) is 0 Å². The van der Waals surface area contributed by atoms with Crippen LogP contribution in [0.5, 0.6) is 0 Å². The maximum Gasteiger partial charge on any atom is 0.0646 e. The molecule has 114 valence electrons. The number of rotatable bonds is 1. The topological polar surface area (TPSA) is 3.24 Å². The standard InChI is InChI=1S/C21H18IN/c1-21(2)17-10-6-7-11-19(17)23(22)20-14-16(12-13-18(20)21)15-8-4-3-5-9-15/h3-14H,1-2H3. The van der Waals surface area contributed by atoms with Gasteiger partial charge in [0.05, 0.1) is 34.2 Å². The summed E-state index contributed by atoms with van der Waals surface area (Å²) in [5.74, 6) is 0. The van der Waals surface area contributed by atoms with Crippen LogP contribution in [0, 0.1) is 0 Å². The van der Waals surface area contributed by atoms with Crippen LogP contribution in [0.4, 0.5) is 11.4 Å². The Kier molecular flexibility index (Phi) is 3.45. The normalized spacial score (nSPS) is 15.0. The van der Waals surface area contributed by atoms with Crippen molar-refractivity contribution in [1.29, 1.82) is 0 Å². The molecular weight excluding hydrogens is 393 g/mol. The number of halogens is 1. The van der Waals surface area contributed by atoms with Crippen LogP contribution in [-0.4, -0.2) is 0 Å². The number of para-hydroxylation sites is 1. The number of anilines is 2. The third-order valence-electron chi connectivity index (χ3n) is 4.78. The Morgan fingerprint density at radius 2 is 1.35 bits per heavy atom. The van der Waals surface area contributed by atoms with E-state index in [2.05, 4.69) is 113 Å². The lowest BCUT2D eigenvalue weighted by molar-refractivity contribution is 0.636. The van der Waals surface area contributed by atoms with E-state index in [1.165, 1.54) is 33.6 Å². The van der Waals surface area contributed by atoms with Crippen molar-refractivity contribution >= 4 is 34.2 Å². The van der Waals surface area contributed by atoms with Crippen molar-refractivity contribution in [3.05, 3.63) is 83.9 Å². The number of hydrogen-bond donors (Lipinski definition) is 0. The Bertz CT molecular complexity index is 868. The highest BCUT2D eigenvalue weighted by atomic mass is 127. The van der Waals surface area contributed by atoms with E-state index in [1.54, 1.807) is 0 Å². The average molecular weight is 411 g/mol. The second-order valence-corrected chi connectivity index (χ2v) is 7.49. The molecule has 0 saturated heterocycles. The lowest BCUT2D eigenvalue weighted by Crippen LogP contribution is -2.28. The number of hydrogen-bond acceptors (Lipinski definition) is 1. The summed E-state index contributed by atoms with van der Waals surface area (Å²) in [6, 6.07) is 26.1. The maximum atomic E-state index is 2.43. The molecule has 0 aliphatic carbocycles. The van der Waals surface area contributed by atoms with E-state index in [1.807, 2.05) is 0 Å². The first-order valence-electron chi connectivity index (χ1n) is 7.84. The fourth-order valence-corrected chi connectivity index (χ4v) is 4.30. The van der Waals surface area contributed by atoms with E-state index < -0.39 is 0 Å². The molecule has 0 aromatic heterocycles. The molecule has 0 spiro atoms. The Morgan fingerprint density at radius 1 is 0.696 bits per heavy atom. The number of benzene rings is 3. The minimum Gasteiger partial charge on any atom is -0.282 e. The molecule has 0 amide bonds. The molecule has 0 bridgehead atoms. The summed E-state index contributed by atoms with van der Waals surface area (Å²) in [6.45, 7) is 4.63. The van der Waals surface area contributed by atoms with E-state index in [0.717, 1.165) is 0 Å². The first-order chi connectivity index (χ1) is 11.1. The summed E-state index contributed by atoms with van der Waals surface area (Å²) in [7, 11) is 0. The van der Waals surface area contributed by atoms with E-state index >= 15 is 0 Å². The first kappa shape index (κ1) is 14.8. The SMILES string of the molecule is CC1(C)c2ccccc2N(I)c2cc(-c3ccccc3)ccc21. The Hall–Kier alpha value is -1.81. The van der Waals surface area contributed by atoms with Crippen molar-refractivity contribution in [2.75, 3.05) is 3.11 Å². The molecule has 0 atom stereocenters. The third-order valence-corrected chi connectivity index (χ3v) is 5.82. The van der Waals surface area contributed by atoms with Crippen LogP contribution >= 0.6 is 22.9 Å². The minimum atomic E-state index is 0.0167. The van der Waals surface area contributed by atoms with E-state index in [9.17, 15) is 0 Å². The molecule has 2 heteroatoms. The molecule has 1 aliphatic rings. The van der Waals surface area contributed by atoms with Crippen molar-refractivity contribution in [2.24, 2.45) is 0 Å². The van der Waals surface area contributed by atoms with Gasteiger partial charge in [0.15, 0.2) is 0 Å². The van der Waals surface area contributed by atoms with Gasteiger partial charge in [-0.3, -0.25) is 3.11 Å². The Labute approximate surface area is 151 Å². The van der Waals surface area contributed by atoms with Crippen LogP contribution in [0.25, 0.3) is 11.1 Å². The monoisotopic (exact) mass is 411 g/mol. The van der Waals surface area contributed by atoms with Gasteiger partial charge in [-0.05, 0) is 34.4 Å². The van der Waals surface area contributed by atoms with Crippen LogP contribution in [-0.2, 0) is 5.41 Å². The van der Waals surface area contributed by atoms with Crippen molar-refractivity contribution in [3.63, 3.8) is 0 Å². The van der Waals surface area contributed by atoms with E-state index in [4.69, 9.17) is 0 Å². The fraction of sp³-hybridized carbons (Fsp3) is 0.143. The highest BCUT2D eigenvalue weighted by molar-refractivity contribution is 14.1. The predicted octanol–water partition coefficient (Wildman–Crippen LogP) is 6.48. The largest absolute Gasteiger partial charge is 0.282 e. The van der Waals surface area contributed by atoms with Crippen LogP contribution in [0.1, 0.15) is 25.0 Å². The van der Waals surface area contributed by atoms with Gasteiger partial charge in [0.25, 0.3) is 0 Å². The molecule has 0 unspecified atom stereocenters. The van der Waals surface area contributed by atoms with Crippen LogP contribution in [0.15, 0.2) is 72.8 Å². The minimum absolute atomic E-state index is 0.0167. The summed E-state index contributed by atoms with van der Waals surface area (Å²) in [5.41, 5.74) is 7.88. The summed E-state index contributed by atoms with van der Waals surface area (Å²) in [5, 5.41) is 0. The molecule has 0 radical (unpaired) electrons. The van der Waals surface area contributed by atoms with Crippen molar-refractivity contribution in [2.45, 2.75) is 19.3 Å². The molecule has 0 saturated carbocycles. The second-order valence-electron chi connectivity index (χ2n) is 6.52. The molecule has 3 aromatic rings. The van der Waals surface area contributed by atoms with Gasteiger partial charge in [0.2, 0.25) is 0 Å². The van der Waals surface area contributed by atoms with Crippen molar-refractivity contribution < 1.29 is 0 Å². The van der Waals surface area contributed by atoms with E-state index in [0.29, 0.717) is 0 Å². The van der Waals surface area contributed by atoms with Crippen LogP contribution < -0.4 is 3.11 Å². The van der Waals surface area contributed by atoms with Gasteiger partial charge in [-0.2, -0.15) is 0 Å². The maximum absolute atomic E-state index is 2.43. The smallest absolute Gasteiger partial charge is 0.0646 e. The van der Waals surface area contributed by atoms with Crippen molar-refractivity contribution in [3.8, 4) is 11.1 Å². The molecule has 1 aliphatic heterocycles. The summed E-state index contributed by atoms with van der Waals surface area (Å²) < 4.78 is 2.29. The van der Waals surface area contributed by atoms with Gasteiger partial charge in [-0.15, -0.1) is 0 Å². The second kappa shape index (κ2) is 5.38. The number of fused-ring (bicyclic) bond motifs is 2. The summed E-state index contributed by atoms with van der Waals surface area (Å²) in [4.78, 5) is 0. The third kappa shape index (κ3) is 2.27. The molecule has 3 aromatic carbocycles. The molecule has 0 fully saturated rings. The Morgan fingerprint density at radius 3 is 2.13 bits per heavy atom. The summed E-state index contributed by atoms with van der Waals surface area (Å²) >= 11 is 2.43. The Balaban J connectivity index is 1.92. The zero-order valence-corrected chi connectivity index (χ0v) is 15.4. The predicted molar refractivity (Wildman–Crippen MR) is 107 cm³/mol. The van der Waals surface area contributed by atoms with Gasteiger partial charge in [0.1, 0.15) is 0 Å². The molecular formula is C21H18IN. The molecule has 0 N–H and O–H groups in total. The van der Waals surface area contributed by atoms with Gasteiger partial charge >= 0.3 is 0 Å². The molecule has 4 rings (SSSR count). The van der Waals surface area contributed by atoms with Gasteiger partial charge < -0.3 is 0 Å². The van der Waals surface area contributed by atoms with Crippen LogP contribution in [0.3, 0.4) is 0 Å². The highest BCUT2D eigenvalue weighted by Crippen LogP contribution is 2.51. The number of nitrogens with zero attached hydrogens (tertiary/aromatic N) is 1. The molecule has 1 nitrogen and oxygen atoms in total. The highest BCUT2D eigenvalue weighted by Gasteiger charge is 2.35.